The summed E-state index contributed by atoms with van der Waals surface area (Å²) in [6.07, 6.45) is 0. The summed E-state index contributed by atoms with van der Waals surface area (Å²) in [5, 5.41) is 7.47. The highest BCUT2D eigenvalue weighted by molar-refractivity contribution is 9.10. The Bertz CT molecular complexity index is 644. The molecule has 0 unspecified atom stereocenters. The summed E-state index contributed by atoms with van der Waals surface area (Å²) in [6.45, 7) is 2.87. The van der Waals surface area contributed by atoms with E-state index >= 15 is 0 Å². The largest absolute Gasteiger partial charge is 0.490 e. The summed E-state index contributed by atoms with van der Waals surface area (Å²) < 4.78 is 12.4. The quantitative estimate of drug-likeness (QED) is 0.617. The molecule has 2 aromatic rings. The van der Waals surface area contributed by atoms with Crippen LogP contribution in [-0.2, 0) is 6.61 Å². The standard InChI is InChI=1S/C16H17BrN2O2/c1-2-20-15-9-12(16(18)19)6-7-14(15)21-10-11-4-3-5-13(17)8-11/h3-9H,2,10H2,1H3,(H3,18,19). The van der Waals surface area contributed by atoms with E-state index in [4.69, 9.17) is 20.6 Å². The van der Waals surface area contributed by atoms with E-state index in [0.717, 1.165) is 10.0 Å². The molecule has 0 bridgehead atoms. The average molecular weight is 349 g/mol. The van der Waals surface area contributed by atoms with Gasteiger partial charge in [-0.1, -0.05) is 28.1 Å². The van der Waals surface area contributed by atoms with Gasteiger partial charge in [0.25, 0.3) is 0 Å². The third-order valence-electron chi connectivity index (χ3n) is 2.84. The van der Waals surface area contributed by atoms with Gasteiger partial charge in [-0.15, -0.1) is 0 Å². The molecule has 0 fully saturated rings. The third-order valence-corrected chi connectivity index (χ3v) is 3.33. The first-order chi connectivity index (χ1) is 10.1. The van der Waals surface area contributed by atoms with Gasteiger partial charge in [0.2, 0.25) is 0 Å². The van der Waals surface area contributed by atoms with Crippen LogP contribution in [0.4, 0.5) is 0 Å². The van der Waals surface area contributed by atoms with Gasteiger partial charge in [0, 0.05) is 10.0 Å². The summed E-state index contributed by atoms with van der Waals surface area (Å²) in [4.78, 5) is 0. The van der Waals surface area contributed by atoms with Gasteiger partial charge in [0.05, 0.1) is 6.61 Å². The number of rotatable bonds is 6. The Kier molecular flexibility index (Phi) is 5.22. The lowest BCUT2D eigenvalue weighted by atomic mass is 10.2. The van der Waals surface area contributed by atoms with Gasteiger partial charge in [-0.25, -0.2) is 0 Å². The van der Waals surface area contributed by atoms with Crippen LogP contribution in [0, 0.1) is 5.41 Å². The van der Waals surface area contributed by atoms with Crippen LogP contribution in [0.15, 0.2) is 46.9 Å². The highest BCUT2D eigenvalue weighted by Crippen LogP contribution is 2.29. The average Bonchev–Trinajstić information content (AvgIpc) is 2.46. The molecule has 0 aliphatic rings. The molecular weight excluding hydrogens is 332 g/mol. The first kappa shape index (κ1) is 15.4. The molecule has 0 aromatic heterocycles. The summed E-state index contributed by atoms with van der Waals surface area (Å²) in [6, 6.07) is 13.2. The Labute approximate surface area is 132 Å². The highest BCUT2D eigenvalue weighted by Gasteiger charge is 2.08. The summed E-state index contributed by atoms with van der Waals surface area (Å²) in [5.41, 5.74) is 7.17. The van der Waals surface area contributed by atoms with Crippen LogP contribution in [0.3, 0.4) is 0 Å². The lowest BCUT2D eigenvalue weighted by Gasteiger charge is -2.13. The van der Waals surface area contributed by atoms with Gasteiger partial charge in [0.15, 0.2) is 11.5 Å². The van der Waals surface area contributed by atoms with E-state index in [1.165, 1.54) is 0 Å². The summed E-state index contributed by atoms with van der Waals surface area (Å²) in [7, 11) is 0. The van der Waals surface area contributed by atoms with Crippen LogP contribution < -0.4 is 15.2 Å². The second-order valence-electron chi connectivity index (χ2n) is 4.43. The fourth-order valence-corrected chi connectivity index (χ4v) is 2.30. The molecule has 0 amide bonds. The van der Waals surface area contributed by atoms with Gasteiger partial charge >= 0.3 is 0 Å². The zero-order valence-electron chi connectivity index (χ0n) is 11.7. The number of nitrogens with one attached hydrogen (secondary N) is 1. The lowest BCUT2D eigenvalue weighted by Crippen LogP contribution is -2.11. The van der Waals surface area contributed by atoms with Crippen LogP contribution in [-0.4, -0.2) is 12.4 Å². The van der Waals surface area contributed by atoms with E-state index in [-0.39, 0.29) is 5.84 Å². The maximum Gasteiger partial charge on any atom is 0.161 e. The van der Waals surface area contributed by atoms with Crippen LogP contribution in [0.5, 0.6) is 11.5 Å². The van der Waals surface area contributed by atoms with Crippen molar-refractivity contribution < 1.29 is 9.47 Å². The molecule has 4 nitrogen and oxygen atoms in total. The molecule has 0 spiro atoms. The van der Waals surface area contributed by atoms with Crippen molar-refractivity contribution >= 4 is 21.8 Å². The summed E-state index contributed by atoms with van der Waals surface area (Å²) in [5.74, 6) is 1.25. The molecule has 21 heavy (non-hydrogen) atoms. The number of halogens is 1. The van der Waals surface area contributed by atoms with Crippen LogP contribution in [0.2, 0.25) is 0 Å². The molecule has 0 saturated heterocycles. The Morgan fingerprint density at radius 1 is 1.14 bits per heavy atom. The maximum atomic E-state index is 7.47. The van der Waals surface area contributed by atoms with E-state index in [1.54, 1.807) is 18.2 Å². The first-order valence-corrected chi connectivity index (χ1v) is 7.38. The van der Waals surface area contributed by atoms with Crippen molar-refractivity contribution in [2.75, 3.05) is 6.61 Å². The zero-order chi connectivity index (χ0) is 15.2. The number of hydrogen-bond donors (Lipinski definition) is 2. The number of hydrogen-bond acceptors (Lipinski definition) is 3. The predicted molar refractivity (Wildman–Crippen MR) is 87.1 cm³/mol. The second-order valence-corrected chi connectivity index (χ2v) is 5.34. The SMILES string of the molecule is CCOc1cc(C(=N)N)ccc1OCc1cccc(Br)c1. The molecule has 3 N–H and O–H groups in total. The van der Waals surface area contributed by atoms with Crippen molar-refractivity contribution in [2.24, 2.45) is 5.73 Å². The van der Waals surface area contributed by atoms with E-state index < -0.39 is 0 Å². The van der Waals surface area contributed by atoms with Crippen LogP contribution in [0.1, 0.15) is 18.1 Å². The minimum Gasteiger partial charge on any atom is -0.490 e. The molecule has 0 saturated carbocycles. The Hall–Kier alpha value is -2.01. The van der Waals surface area contributed by atoms with Crippen LogP contribution >= 0.6 is 15.9 Å². The van der Waals surface area contributed by atoms with Gasteiger partial charge in [-0.3, -0.25) is 5.41 Å². The van der Waals surface area contributed by atoms with Crippen molar-refractivity contribution in [2.45, 2.75) is 13.5 Å². The number of nitrogen functional groups attached to an aromatic ring is 1. The smallest absolute Gasteiger partial charge is 0.161 e. The van der Waals surface area contributed by atoms with E-state index in [9.17, 15) is 0 Å². The lowest BCUT2D eigenvalue weighted by molar-refractivity contribution is 0.269. The van der Waals surface area contributed by atoms with Crippen LogP contribution in [0.25, 0.3) is 0 Å². The molecule has 0 heterocycles. The minimum atomic E-state index is 0.00879. The predicted octanol–water partition coefficient (Wildman–Crippen LogP) is 3.71. The van der Waals surface area contributed by atoms with Crippen molar-refractivity contribution in [3.05, 3.63) is 58.1 Å². The molecule has 0 atom stereocenters. The third kappa shape index (κ3) is 4.23. The van der Waals surface area contributed by atoms with Crippen molar-refractivity contribution in [1.29, 1.82) is 5.41 Å². The number of ether oxygens (including phenoxy) is 2. The Morgan fingerprint density at radius 2 is 1.95 bits per heavy atom. The number of benzene rings is 2. The molecule has 110 valence electrons. The first-order valence-electron chi connectivity index (χ1n) is 6.58. The fourth-order valence-electron chi connectivity index (χ4n) is 1.85. The van der Waals surface area contributed by atoms with Crippen molar-refractivity contribution in [1.82, 2.24) is 0 Å². The van der Waals surface area contributed by atoms with Crippen molar-refractivity contribution in [3.63, 3.8) is 0 Å². The molecule has 2 aromatic carbocycles. The maximum absolute atomic E-state index is 7.47. The topological polar surface area (TPSA) is 68.3 Å². The summed E-state index contributed by atoms with van der Waals surface area (Å²) >= 11 is 3.44. The van der Waals surface area contributed by atoms with E-state index in [1.807, 2.05) is 31.2 Å². The molecule has 2 rings (SSSR count). The molecule has 0 radical (unpaired) electrons. The van der Waals surface area contributed by atoms with Crippen molar-refractivity contribution in [3.8, 4) is 11.5 Å². The van der Waals surface area contributed by atoms with Gasteiger partial charge in [-0.05, 0) is 42.8 Å². The zero-order valence-corrected chi connectivity index (χ0v) is 13.3. The van der Waals surface area contributed by atoms with Gasteiger partial charge in [0.1, 0.15) is 12.4 Å². The van der Waals surface area contributed by atoms with Gasteiger partial charge in [-0.2, -0.15) is 0 Å². The second kappa shape index (κ2) is 7.13. The monoisotopic (exact) mass is 348 g/mol. The molecule has 0 aliphatic heterocycles. The number of nitrogens with two attached hydrogens (primary N) is 1. The molecular formula is C16H17BrN2O2. The fraction of sp³-hybridized carbons (Fsp3) is 0.188. The van der Waals surface area contributed by atoms with E-state index in [0.29, 0.717) is 30.3 Å². The highest BCUT2D eigenvalue weighted by atomic mass is 79.9. The number of amidine groups is 1. The molecule has 0 aliphatic carbocycles. The van der Waals surface area contributed by atoms with E-state index in [2.05, 4.69) is 15.9 Å². The normalized spacial score (nSPS) is 10.2. The van der Waals surface area contributed by atoms with Gasteiger partial charge < -0.3 is 15.2 Å². The molecule has 5 heteroatoms. The Morgan fingerprint density at radius 3 is 2.62 bits per heavy atom. The minimum absolute atomic E-state index is 0.00879. The Balaban J connectivity index is 2.16.